The van der Waals surface area contributed by atoms with Crippen LogP contribution in [-0.2, 0) is 5.41 Å². The molecular formula is C27H21F2N5O2. The highest BCUT2D eigenvalue weighted by Crippen LogP contribution is 2.69. The van der Waals surface area contributed by atoms with Crippen molar-refractivity contribution in [3.8, 4) is 22.5 Å². The predicted octanol–water partition coefficient (Wildman–Crippen LogP) is 5.18. The fraction of sp³-hybridized carbons (Fsp3) is 0.259. The molecule has 2 atom stereocenters. The Kier molecular flexibility index (Phi) is 4.76. The van der Waals surface area contributed by atoms with Crippen LogP contribution in [0.4, 0.5) is 8.78 Å². The lowest BCUT2D eigenvalue weighted by Crippen LogP contribution is -2.37. The second-order valence-electron chi connectivity index (χ2n) is 9.86. The lowest BCUT2D eigenvalue weighted by molar-refractivity contribution is 0.0683. The predicted molar refractivity (Wildman–Crippen MR) is 126 cm³/mol. The van der Waals surface area contributed by atoms with Crippen LogP contribution in [0.15, 0.2) is 54.9 Å². The molecule has 180 valence electrons. The normalized spacial score (nSPS) is 21.4. The molecule has 0 radical (unpaired) electrons. The minimum absolute atomic E-state index is 0.125. The minimum Gasteiger partial charge on any atom is -0.475 e. The topological polar surface area (TPSA) is 102 Å². The van der Waals surface area contributed by atoms with Crippen LogP contribution in [0.3, 0.4) is 0 Å². The minimum atomic E-state index is -1.20. The summed E-state index contributed by atoms with van der Waals surface area (Å²) in [6.45, 7) is 4.35. The molecule has 3 aromatic heterocycles. The van der Waals surface area contributed by atoms with Crippen molar-refractivity contribution in [2.45, 2.75) is 38.0 Å². The molecule has 6 rings (SSSR count). The Hall–Kier alpha value is -4.14. The number of hydrogen-bond acceptors (Lipinski definition) is 6. The number of hydrogen-bond donors (Lipinski definition) is 1. The van der Waals surface area contributed by atoms with Crippen molar-refractivity contribution in [2.24, 2.45) is 5.41 Å². The van der Waals surface area contributed by atoms with Gasteiger partial charge in [-0.25, -0.2) is 23.5 Å². The Morgan fingerprint density at radius 3 is 2.39 bits per heavy atom. The number of aromatic nitrogens is 5. The number of carbonyl (C=O) groups is 1. The Bertz CT molecular complexity index is 1520. The number of rotatable bonds is 4. The van der Waals surface area contributed by atoms with Gasteiger partial charge >= 0.3 is 5.97 Å². The van der Waals surface area contributed by atoms with Gasteiger partial charge in [-0.2, -0.15) is 5.10 Å². The summed E-state index contributed by atoms with van der Waals surface area (Å²) < 4.78 is 29.0. The molecule has 1 aromatic carbocycles. The van der Waals surface area contributed by atoms with Crippen LogP contribution < -0.4 is 0 Å². The molecule has 0 amide bonds. The second-order valence-corrected chi connectivity index (χ2v) is 9.86. The lowest BCUT2D eigenvalue weighted by atomic mass is 9.66. The van der Waals surface area contributed by atoms with E-state index in [9.17, 15) is 13.6 Å². The summed E-state index contributed by atoms with van der Waals surface area (Å²) in [6.07, 6.45) is 4.58. The van der Waals surface area contributed by atoms with Crippen molar-refractivity contribution in [2.75, 3.05) is 0 Å². The fourth-order valence-electron chi connectivity index (χ4n) is 6.16. The van der Waals surface area contributed by atoms with Gasteiger partial charge in [0, 0.05) is 18.0 Å². The van der Waals surface area contributed by atoms with Gasteiger partial charge < -0.3 is 5.11 Å². The zero-order chi connectivity index (χ0) is 25.2. The second kappa shape index (κ2) is 7.68. The van der Waals surface area contributed by atoms with Gasteiger partial charge in [0.15, 0.2) is 0 Å². The van der Waals surface area contributed by atoms with E-state index in [1.165, 1.54) is 30.6 Å². The van der Waals surface area contributed by atoms with Crippen molar-refractivity contribution < 1.29 is 18.7 Å². The first-order valence-electron chi connectivity index (χ1n) is 11.6. The third kappa shape index (κ3) is 2.95. The van der Waals surface area contributed by atoms with Crippen molar-refractivity contribution in [1.82, 2.24) is 25.1 Å². The summed E-state index contributed by atoms with van der Waals surface area (Å²) in [4.78, 5) is 23.9. The molecule has 1 saturated carbocycles. The van der Waals surface area contributed by atoms with Gasteiger partial charge in [0.25, 0.3) is 0 Å². The number of halogens is 2. The first-order valence-corrected chi connectivity index (χ1v) is 11.6. The van der Waals surface area contributed by atoms with Gasteiger partial charge in [-0.05, 0) is 60.1 Å². The molecule has 2 aliphatic carbocycles. The van der Waals surface area contributed by atoms with Crippen molar-refractivity contribution in [1.29, 1.82) is 0 Å². The molecule has 1 N–H and O–H groups in total. The van der Waals surface area contributed by atoms with E-state index in [1.807, 2.05) is 18.2 Å². The number of carboxylic acid groups (broad SMARTS) is 1. The summed E-state index contributed by atoms with van der Waals surface area (Å²) in [5, 5.41) is 17.9. The summed E-state index contributed by atoms with van der Waals surface area (Å²) in [6, 6.07) is 11.2. The summed E-state index contributed by atoms with van der Waals surface area (Å²) >= 11 is 0. The van der Waals surface area contributed by atoms with Crippen molar-refractivity contribution in [3.05, 3.63) is 89.3 Å². The highest BCUT2D eigenvalue weighted by Gasteiger charge is 2.65. The molecule has 36 heavy (non-hydrogen) atoms. The molecule has 3 heterocycles. The average Bonchev–Trinajstić information content (AvgIpc) is 3.25. The van der Waals surface area contributed by atoms with E-state index in [1.54, 1.807) is 6.07 Å². The third-order valence-corrected chi connectivity index (χ3v) is 7.93. The van der Waals surface area contributed by atoms with Crippen molar-refractivity contribution >= 4 is 5.97 Å². The zero-order valence-corrected chi connectivity index (χ0v) is 19.5. The highest BCUT2D eigenvalue weighted by molar-refractivity contribution is 5.83. The molecule has 7 nitrogen and oxygen atoms in total. The quantitative estimate of drug-likeness (QED) is 0.425. The monoisotopic (exact) mass is 485 g/mol. The van der Waals surface area contributed by atoms with Crippen LogP contribution in [0.2, 0.25) is 0 Å². The van der Waals surface area contributed by atoms with Crippen LogP contribution in [0.25, 0.3) is 22.5 Å². The van der Waals surface area contributed by atoms with Crippen LogP contribution in [0.1, 0.15) is 60.2 Å². The van der Waals surface area contributed by atoms with Gasteiger partial charge in [0.05, 0.1) is 33.8 Å². The van der Waals surface area contributed by atoms with E-state index < -0.39 is 23.0 Å². The van der Waals surface area contributed by atoms with E-state index in [-0.39, 0.29) is 28.4 Å². The van der Waals surface area contributed by atoms with E-state index in [2.05, 4.69) is 34.0 Å². The van der Waals surface area contributed by atoms with E-state index in [0.717, 1.165) is 29.8 Å². The highest BCUT2D eigenvalue weighted by atomic mass is 19.1. The van der Waals surface area contributed by atoms with E-state index >= 15 is 0 Å². The number of nitrogens with zero attached hydrogens (tertiary/aromatic N) is 5. The fourth-order valence-corrected chi connectivity index (χ4v) is 6.16. The van der Waals surface area contributed by atoms with Gasteiger partial charge in [0.1, 0.15) is 11.6 Å². The number of pyridine rings is 1. The molecule has 4 aromatic rings. The molecule has 0 saturated heterocycles. The summed E-state index contributed by atoms with van der Waals surface area (Å²) in [5.74, 6) is -2.70. The maximum Gasteiger partial charge on any atom is 0.373 e. The Balaban J connectivity index is 1.48. The maximum absolute atomic E-state index is 14.5. The summed E-state index contributed by atoms with van der Waals surface area (Å²) in [5.41, 5.74) is 2.95. The van der Waals surface area contributed by atoms with E-state index in [4.69, 9.17) is 10.1 Å². The number of carboxylic acids is 1. The lowest BCUT2D eigenvalue weighted by Gasteiger charge is -2.37. The van der Waals surface area contributed by atoms with Crippen LogP contribution in [-0.4, -0.2) is 36.2 Å². The zero-order valence-electron chi connectivity index (χ0n) is 19.5. The number of benzene rings is 1. The molecule has 9 heteroatoms. The standard InChI is InChI=1S/C27H21F2N5O2/c1-26(2)16-9-10-27(26,21-8-4-7-19(32-21)14-12-30-24(25(35)36)31-13-14)23-15(16)11-20(33-34-23)22-17(28)5-3-6-18(22)29/h3-8,11-13,16H,9-10H2,1-2H3,(H,35,36)/t16-,27-/m0/s1. The van der Waals surface area contributed by atoms with Gasteiger partial charge in [-0.3, -0.25) is 4.98 Å². The largest absolute Gasteiger partial charge is 0.475 e. The van der Waals surface area contributed by atoms with Crippen molar-refractivity contribution in [3.63, 3.8) is 0 Å². The van der Waals surface area contributed by atoms with E-state index in [0.29, 0.717) is 11.3 Å². The number of aromatic carboxylic acids is 1. The van der Waals surface area contributed by atoms with Crippen LogP contribution in [0.5, 0.6) is 0 Å². The molecule has 2 bridgehead atoms. The molecule has 0 spiro atoms. The van der Waals surface area contributed by atoms with Gasteiger partial charge in [0.2, 0.25) is 5.82 Å². The smallest absolute Gasteiger partial charge is 0.373 e. The molecular weight excluding hydrogens is 464 g/mol. The summed E-state index contributed by atoms with van der Waals surface area (Å²) in [7, 11) is 0. The van der Waals surface area contributed by atoms with Gasteiger partial charge in [-0.1, -0.05) is 26.0 Å². The molecule has 0 unspecified atom stereocenters. The SMILES string of the molecule is CC1(C)[C@H]2CC[C@]1(c1cccc(-c3cnc(C(=O)O)nc3)n1)c1nnc(-c3c(F)cccc3F)cc12. The maximum atomic E-state index is 14.5. The Labute approximate surface area is 205 Å². The molecule has 2 aliphatic rings. The third-order valence-electron chi connectivity index (χ3n) is 7.93. The first-order chi connectivity index (χ1) is 17.2. The Morgan fingerprint density at radius 2 is 1.69 bits per heavy atom. The molecule has 1 fully saturated rings. The van der Waals surface area contributed by atoms with Gasteiger partial charge in [-0.15, -0.1) is 5.10 Å². The molecule has 0 aliphatic heterocycles. The average molecular weight is 485 g/mol. The first kappa shape index (κ1) is 22.3. The number of fused-ring (bicyclic) bond motifs is 5. The van der Waals surface area contributed by atoms with Crippen LogP contribution in [0, 0.1) is 17.0 Å². The Morgan fingerprint density at radius 1 is 1.00 bits per heavy atom. The van der Waals surface area contributed by atoms with Crippen LogP contribution >= 0.6 is 0 Å².